The molecular weight excluding hydrogens is 711 g/mol. The molecule has 5 rings (SSSR count). The maximum atomic E-state index is 12.0. The number of phenolic OH excluding ortho intramolecular Hbond substituents is 3. The van der Waals surface area contributed by atoms with E-state index in [-0.39, 0.29) is 38.9 Å². The molecule has 0 saturated heterocycles. The second kappa shape index (κ2) is 14.3. The summed E-state index contributed by atoms with van der Waals surface area (Å²) in [5.74, 6) is 1.08. The molecule has 1 heterocycles. The van der Waals surface area contributed by atoms with E-state index in [9.17, 15) is 15.3 Å². The average molecular weight is 764 g/mol. The minimum absolute atomic E-state index is 0.118. The Kier molecular flexibility index (Phi) is 11.2. The van der Waals surface area contributed by atoms with Gasteiger partial charge in [0.15, 0.2) is 0 Å². The topological polar surface area (TPSA) is 95.9 Å². The highest BCUT2D eigenvalue weighted by atomic mass is 32.2. The van der Waals surface area contributed by atoms with Crippen LogP contribution in [0.15, 0.2) is 87.7 Å². The van der Waals surface area contributed by atoms with Crippen LogP contribution in [0.4, 0.5) is 0 Å². The third-order valence-corrected chi connectivity index (χ3v) is 13.1. The fraction of sp³-hybridized carbons (Fsp3) is 0.429. The van der Waals surface area contributed by atoms with E-state index in [1.807, 2.05) is 24.3 Å². The second-order valence-electron chi connectivity index (χ2n) is 17.3. The van der Waals surface area contributed by atoms with E-state index in [1.165, 1.54) is 47.0 Å². The monoisotopic (exact) mass is 763 g/mol. The zero-order valence-corrected chi connectivity index (χ0v) is 35.3. The number of nitrogens with two attached hydrogens (primary N) is 1. The van der Waals surface area contributed by atoms with Crippen LogP contribution in [0.1, 0.15) is 105 Å². The minimum atomic E-state index is -0.223. The van der Waals surface area contributed by atoms with Crippen molar-refractivity contribution in [3.05, 3.63) is 70.8 Å². The molecular formula is C42H53NO4S4. The molecule has 1 aliphatic rings. The van der Waals surface area contributed by atoms with Crippen molar-refractivity contribution < 1.29 is 20.1 Å². The van der Waals surface area contributed by atoms with E-state index in [2.05, 4.69) is 107 Å². The van der Waals surface area contributed by atoms with Crippen molar-refractivity contribution >= 4 is 47.0 Å². The van der Waals surface area contributed by atoms with Crippen molar-refractivity contribution in [2.75, 3.05) is 13.2 Å². The summed E-state index contributed by atoms with van der Waals surface area (Å²) >= 11 is 5.66. The van der Waals surface area contributed by atoms with Gasteiger partial charge in [-0.3, -0.25) is 0 Å². The first-order chi connectivity index (χ1) is 23.5. The second-order valence-corrected chi connectivity index (χ2v) is 21.6. The highest BCUT2D eigenvalue weighted by molar-refractivity contribution is 8.01. The van der Waals surface area contributed by atoms with Crippen molar-refractivity contribution in [2.24, 2.45) is 5.73 Å². The molecule has 0 fully saturated rings. The third kappa shape index (κ3) is 8.81. The molecule has 0 atom stereocenters. The molecule has 0 aliphatic carbocycles. The number of rotatable bonds is 3. The predicted octanol–water partition coefficient (Wildman–Crippen LogP) is 12.2. The normalized spacial score (nSPS) is 14.1. The third-order valence-electron chi connectivity index (χ3n) is 8.85. The largest absolute Gasteiger partial charge is 0.506 e. The zero-order valence-electron chi connectivity index (χ0n) is 32.0. The van der Waals surface area contributed by atoms with Crippen LogP contribution in [-0.4, -0.2) is 28.5 Å². The van der Waals surface area contributed by atoms with Gasteiger partial charge in [0.1, 0.15) is 29.6 Å². The Bertz CT molecular complexity index is 1840. The Labute approximate surface area is 321 Å². The van der Waals surface area contributed by atoms with Gasteiger partial charge in [-0.05, 0) is 92.4 Å². The molecule has 8 bridgehead atoms. The lowest BCUT2D eigenvalue weighted by Crippen LogP contribution is -2.14. The first-order valence-electron chi connectivity index (χ1n) is 17.3. The summed E-state index contributed by atoms with van der Waals surface area (Å²) in [6, 6.07) is 16.5. The van der Waals surface area contributed by atoms with Crippen LogP contribution in [0.3, 0.4) is 0 Å². The van der Waals surface area contributed by atoms with Gasteiger partial charge in [0, 0.05) is 6.54 Å². The van der Waals surface area contributed by atoms with Crippen molar-refractivity contribution in [3.8, 4) is 23.0 Å². The summed E-state index contributed by atoms with van der Waals surface area (Å²) in [4.78, 5) is 5.67. The first kappa shape index (κ1) is 39.6. The van der Waals surface area contributed by atoms with E-state index in [4.69, 9.17) is 10.5 Å². The molecule has 0 aromatic heterocycles. The Morgan fingerprint density at radius 1 is 0.431 bits per heavy atom. The van der Waals surface area contributed by atoms with E-state index in [0.717, 1.165) is 32.0 Å². The average Bonchev–Trinajstić information content (AvgIpc) is 2.99. The number of hydrogen-bond acceptors (Lipinski definition) is 9. The fourth-order valence-corrected chi connectivity index (χ4v) is 9.91. The minimum Gasteiger partial charge on any atom is -0.506 e. The summed E-state index contributed by atoms with van der Waals surface area (Å²) in [5, 5.41) is 36.0. The van der Waals surface area contributed by atoms with E-state index < -0.39 is 0 Å². The number of phenols is 3. The summed E-state index contributed by atoms with van der Waals surface area (Å²) in [6.45, 7) is 26.6. The van der Waals surface area contributed by atoms with Gasteiger partial charge < -0.3 is 25.8 Å². The summed E-state index contributed by atoms with van der Waals surface area (Å²) in [6.07, 6.45) is 0. The Morgan fingerprint density at radius 2 is 0.647 bits per heavy atom. The molecule has 0 spiro atoms. The first-order valence-corrected chi connectivity index (χ1v) is 20.6. The lowest BCUT2D eigenvalue weighted by atomic mass is 9.87. The van der Waals surface area contributed by atoms with Crippen LogP contribution < -0.4 is 10.5 Å². The molecule has 274 valence electrons. The van der Waals surface area contributed by atoms with E-state index in [1.54, 1.807) is 0 Å². The molecule has 51 heavy (non-hydrogen) atoms. The van der Waals surface area contributed by atoms with E-state index in [0.29, 0.717) is 48.3 Å². The lowest BCUT2D eigenvalue weighted by molar-refractivity contribution is 0.312. The van der Waals surface area contributed by atoms with Gasteiger partial charge in [0.05, 0.1) is 39.2 Å². The standard InChI is InChI=1S/C42H53NO4S4/c1-39(2,3)23-15-27-35(44)28(16-23)49-30-18-25(41(7,8)9)20-32(37(30)46)51-34-22-26(42(10,11)12)21-33(38(34)47-14-13-43)50-31-19-24(40(4,5)6)17-29(48-27)36(31)45/h15-22,44-46H,13-14,43H2,1-12H3. The summed E-state index contributed by atoms with van der Waals surface area (Å²) in [7, 11) is 0. The van der Waals surface area contributed by atoms with Gasteiger partial charge >= 0.3 is 0 Å². The van der Waals surface area contributed by atoms with Crippen LogP contribution in [0.5, 0.6) is 23.0 Å². The van der Waals surface area contributed by atoms with Gasteiger partial charge in [-0.25, -0.2) is 0 Å². The number of fused-ring (bicyclic) bond motifs is 8. The highest BCUT2D eigenvalue weighted by Gasteiger charge is 2.29. The van der Waals surface area contributed by atoms with Crippen molar-refractivity contribution in [1.29, 1.82) is 0 Å². The zero-order chi connectivity index (χ0) is 37.8. The molecule has 4 aromatic rings. The van der Waals surface area contributed by atoms with Crippen molar-refractivity contribution in [1.82, 2.24) is 0 Å². The highest BCUT2D eigenvalue weighted by Crippen LogP contribution is 2.55. The predicted molar refractivity (Wildman–Crippen MR) is 217 cm³/mol. The summed E-state index contributed by atoms with van der Waals surface area (Å²) < 4.78 is 6.47. The van der Waals surface area contributed by atoms with Gasteiger partial charge in [-0.15, -0.1) is 0 Å². The smallest absolute Gasteiger partial charge is 0.147 e. The van der Waals surface area contributed by atoms with Crippen LogP contribution in [-0.2, 0) is 21.7 Å². The Hall–Kier alpha value is -2.56. The van der Waals surface area contributed by atoms with Crippen LogP contribution in [0, 0.1) is 0 Å². The van der Waals surface area contributed by atoms with Crippen molar-refractivity contribution in [3.63, 3.8) is 0 Å². The number of hydrogen-bond donors (Lipinski definition) is 4. The molecule has 0 amide bonds. The van der Waals surface area contributed by atoms with Crippen LogP contribution >= 0.6 is 47.0 Å². The SMILES string of the molecule is CC(C)(C)c1cc2c(O)c(c1)Sc1cc(C(C)(C)C)cc(c1O)Sc1cc(C(C)(C)C)cc(c1OCCN)Sc1cc(C(C)(C)C)cc(c1O)S2. The maximum absolute atomic E-state index is 12.0. The number of ether oxygens (including phenoxy) is 1. The molecule has 5 nitrogen and oxygen atoms in total. The number of benzene rings is 4. The van der Waals surface area contributed by atoms with Gasteiger partial charge in [-0.2, -0.15) is 0 Å². The molecule has 1 aliphatic heterocycles. The molecule has 5 N–H and O–H groups in total. The maximum Gasteiger partial charge on any atom is 0.147 e. The quantitative estimate of drug-likeness (QED) is 0.143. The van der Waals surface area contributed by atoms with Crippen molar-refractivity contribution in [2.45, 2.75) is 144 Å². The van der Waals surface area contributed by atoms with Gasteiger partial charge in [0.2, 0.25) is 0 Å². The Morgan fingerprint density at radius 3 is 0.863 bits per heavy atom. The van der Waals surface area contributed by atoms with Crippen LogP contribution in [0.25, 0.3) is 0 Å². The number of aromatic hydroxyl groups is 3. The van der Waals surface area contributed by atoms with Crippen LogP contribution in [0.2, 0.25) is 0 Å². The molecule has 0 radical (unpaired) electrons. The summed E-state index contributed by atoms with van der Waals surface area (Å²) in [5.41, 5.74) is 9.41. The molecule has 0 saturated carbocycles. The molecule has 0 unspecified atom stereocenters. The van der Waals surface area contributed by atoms with E-state index >= 15 is 0 Å². The molecule has 4 aromatic carbocycles. The fourth-order valence-electron chi connectivity index (χ4n) is 5.45. The molecule has 9 heteroatoms. The van der Waals surface area contributed by atoms with Gasteiger partial charge in [-0.1, -0.05) is 130 Å². The van der Waals surface area contributed by atoms with Gasteiger partial charge in [0.25, 0.3) is 0 Å². The lowest BCUT2D eigenvalue weighted by Gasteiger charge is -2.27. The Balaban J connectivity index is 1.92.